The van der Waals surface area contributed by atoms with E-state index in [0.717, 1.165) is 5.56 Å². The fourth-order valence-electron chi connectivity index (χ4n) is 1.28. The monoisotopic (exact) mass is 199 g/mol. The Kier molecular flexibility index (Phi) is 3.43. The van der Waals surface area contributed by atoms with Crippen LogP contribution in [-0.2, 0) is 0 Å². The summed E-state index contributed by atoms with van der Waals surface area (Å²) < 4.78 is 18.4. The summed E-state index contributed by atoms with van der Waals surface area (Å²) in [6, 6.07) is 2.49. The van der Waals surface area contributed by atoms with Crippen molar-refractivity contribution in [2.75, 3.05) is 13.7 Å². The number of hydrogen-bond acceptors (Lipinski definition) is 3. The molecule has 3 nitrogen and oxygen atoms in total. The van der Waals surface area contributed by atoms with Gasteiger partial charge >= 0.3 is 0 Å². The summed E-state index contributed by atoms with van der Waals surface area (Å²) in [7, 11) is 1.39. The number of hydrogen-bond donors (Lipinski definition) is 2. The van der Waals surface area contributed by atoms with Crippen molar-refractivity contribution in [1.82, 2.24) is 0 Å². The van der Waals surface area contributed by atoms with Gasteiger partial charge in [-0.15, -0.1) is 0 Å². The van der Waals surface area contributed by atoms with Crippen LogP contribution in [0.15, 0.2) is 12.1 Å². The summed E-state index contributed by atoms with van der Waals surface area (Å²) in [5.41, 5.74) is 6.67. The Morgan fingerprint density at radius 1 is 1.57 bits per heavy atom. The molecule has 1 aromatic rings. The van der Waals surface area contributed by atoms with Crippen molar-refractivity contribution < 1.29 is 14.2 Å². The zero-order chi connectivity index (χ0) is 10.7. The number of aryl methyl sites for hydroxylation is 1. The molecule has 0 aromatic heterocycles. The molecule has 0 spiro atoms. The van der Waals surface area contributed by atoms with E-state index in [0.29, 0.717) is 0 Å². The number of aliphatic hydroxyl groups is 1. The summed E-state index contributed by atoms with van der Waals surface area (Å²) >= 11 is 0. The molecule has 0 bridgehead atoms. The quantitative estimate of drug-likeness (QED) is 0.767. The van der Waals surface area contributed by atoms with Crippen molar-refractivity contribution in [2.24, 2.45) is 5.73 Å². The number of benzene rings is 1. The van der Waals surface area contributed by atoms with E-state index in [2.05, 4.69) is 0 Å². The van der Waals surface area contributed by atoms with Gasteiger partial charge in [0, 0.05) is 5.56 Å². The summed E-state index contributed by atoms with van der Waals surface area (Å²) in [5, 5.41) is 8.83. The van der Waals surface area contributed by atoms with Crippen molar-refractivity contribution in [3.8, 4) is 5.75 Å². The maximum absolute atomic E-state index is 13.6. The normalized spacial score (nSPS) is 12.6. The van der Waals surface area contributed by atoms with Gasteiger partial charge in [-0.05, 0) is 18.6 Å². The zero-order valence-corrected chi connectivity index (χ0v) is 8.25. The Morgan fingerprint density at radius 2 is 2.21 bits per heavy atom. The van der Waals surface area contributed by atoms with Crippen LogP contribution in [0, 0.1) is 12.7 Å². The maximum atomic E-state index is 13.6. The molecule has 0 radical (unpaired) electrons. The molecular weight excluding hydrogens is 185 g/mol. The van der Waals surface area contributed by atoms with Gasteiger partial charge in [0.05, 0.1) is 19.8 Å². The fraction of sp³-hybridized carbons (Fsp3) is 0.400. The van der Waals surface area contributed by atoms with Crippen molar-refractivity contribution in [3.05, 3.63) is 29.1 Å². The Morgan fingerprint density at radius 3 is 2.71 bits per heavy atom. The lowest BCUT2D eigenvalue weighted by atomic mass is 10.0. The predicted octanol–water partition coefficient (Wildman–Crippen LogP) is 1.13. The summed E-state index contributed by atoms with van der Waals surface area (Å²) in [5.74, 6) is -0.344. The van der Waals surface area contributed by atoms with Crippen LogP contribution in [0.5, 0.6) is 5.75 Å². The molecule has 0 aliphatic carbocycles. The van der Waals surface area contributed by atoms with Gasteiger partial charge in [0.2, 0.25) is 0 Å². The number of rotatable bonds is 3. The Balaban J connectivity index is 3.21. The molecule has 0 aliphatic heterocycles. The van der Waals surface area contributed by atoms with E-state index in [4.69, 9.17) is 15.6 Å². The lowest BCUT2D eigenvalue weighted by Gasteiger charge is -2.13. The molecular formula is C10H14FNO2. The van der Waals surface area contributed by atoms with Gasteiger partial charge in [-0.3, -0.25) is 0 Å². The summed E-state index contributed by atoms with van der Waals surface area (Å²) in [6.07, 6.45) is 0. The molecule has 3 N–H and O–H groups in total. The second-order valence-corrected chi connectivity index (χ2v) is 3.16. The minimum Gasteiger partial charge on any atom is -0.494 e. The van der Waals surface area contributed by atoms with Gasteiger partial charge in [0.15, 0.2) is 11.6 Å². The SMILES string of the molecule is COc1cc(C)cc(C(N)CO)c1F. The summed E-state index contributed by atoms with van der Waals surface area (Å²) in [6.45, 7) is 1.53. The predicted molar refractivity (Wildman–Crippen MR) is 51.7 cm³/mol. The summed E-state index contributed by atoms with van der Waals surface area (Å²) in [4.78, 5) is 0. The van der Waals surface area contributed by atoms with Gasteiger partial charge < -0.3 is 15.6 Å². The molecule has 0 fully saturated rings. The van der Waals surface area contributed by atoms with Crippen molar-refractivity contribution in [1.29, 1.82) is 0 Å². The van der Waals surface area contributed by atoms with Crippen LogP contribution in [0.4, 0.5) is 4.39 Å². The Hall–Kier alpha value is -1.13. The molecule has 78 valence electrons. The van der Waals surface area contributed by atoms with E-state index in [9.17, 15) is 4.39 Å². The third kappa shape index (κ3) is 2.02. The van der Waals surface area contributed by atoms with Crippen molar-refractivity contribution in [3.63, 3.8) is 0 Å². The highest BCUT2D eigenvalue weighted by Gasteiger charge is 2.15. The minimum absolute atomic E-state index is 0.156. The lowest BCUT2D eigenvalue weighted by molar-refractivity contribution is 0.264. The molecule has 14 heavy (non-hydrogen) atoms. The molecule has 4 heteroatoms. The lowest BCUT2D eigenvalue weighted by Crippen LogP contribution is -2.16. The molecule has 1 aromatic carbocycles. The molecule has 1 unspecified atom stereocenters. The number of ether oxygens (including phenoxy) is 1. The first-order chi connectivity index (χ1) is 6.60. The van der Waals surface area contributed by atoms with E-state index in [-0.39, 0.29) is 17.9 Å². The first-order valence-electron chi connectivity index (χ1n) is 4.30. The van der Waals surface area contributed by atoms with E-state index in [1.54, 1.807) is 12.1 Å². The largest absolute Gasteiger partial charge is 0.494 e. The average Bonchev–Trinajstić information content (AvgIpc) is 2.19. The third-order valence-corrected chi connectivity index (χ3v) is 2.03. The van der Waals surface area contributed by atoms with Gasteiger partial charge in [-0.1, -0.05) is 6.07 Å². The van der Waals surface area contributed by atoms with Gasteiger partial charge in [-0.2, -0.15) is 0 Å². The molecule has 0 heterocycles. The molecule has 0 saturated heterocycles. The topological polar surface area (TPSA) is 55.5 Å². The molecule has 1 atom stereocenters. The van der Waals surface area contributed by atoms with E-state index in [1.165, 1.54) is 7.11 Å². The Bertz CT molecular complexity index is 328. The van der Waals surface area contributed by atoms with Crippen LogP contribution in [0.3, 0.4) is 0 Å². The van der Waals surface area contributed by atoms with E-state index >= 15 is 0 Å². The van der Waals surface area contributed by atoms with Crippen LogP contribution < -0.4 is 10.5 Å². The first-order valence-corrected chi connectivity index (χ1v) is 4.30. The first kappa shape index (κ1) is 10.9. The van der Waals surface area contributed by atoms with Crippen LogP contribution in [-0.4, -0.2) is 18.8 Å². The minimum atomic E-state index is -0.705. The average molecular weight is 199 g/mol. The smallest absolute Gasteiger partial charge is 0.169 e. The maximum Gasteiger partial charge on any atom is 0.169 e. The molecule has 0 aliphatic rings. The highest BCUT2D eigenvalue weighted by Crippen LogP contribution is 2.25. The number of nitrogens with two attached hydrogens (primary N) is 1. The second kappa shape index (κ2) is 4.39. The number of halogens is 1. The van der Waals surface area contributed by atoms with Gasteiger partial charge in [-0.25, -0.2) is 4.39 Å². The molecule has 0 amide bonds. The number of methoxy groups -OCH3 is 1. The molecule has 1 rings (SSSR count). The van der Waals surface area contributed by atoms with E-state index < -0.39 is 11.9 Å². The van der Waals surface area contributed by atoms with Crippen LogP contribution in [0.25, 0.3) is 0 Å². The zero-order valence-electron chi connectivity index (χ0n) is 8.25. The highest BCUT2D eigenvalue weighted by molar-refractivity contribution is 5.37. The Labute approximate surface area is 82.3 Å². The number of aliphatic hydroxyl groups excluding tert-OH is 1. The fourth-order valence-corrected chi connectivity index (χ4v) is 1.28. The standard InChI is InChI=1S/C10H14FNO2/c1-6-3-7(8(12)5-13)10(11)9(4-6)14-2/h3-4,8,13H,5,12H2,1-2H3. The van der Waals surface area contributed by atoms with Crippen LogP contribution in [0.2, 0.25) is 0 Å². The van der Waals surface area contributed by atoms with Crippen molar-refractivity contribution >= 4 is 0 Å². The third-order valence-electron chi connectivity index (χ3n) is 2.03. The van der Waals surface area contributed by atoms with Crippen LogP contribution in [0.1, 0.15) is 17.2 Å². The van der Waals surface area contributed by atoms with Gasteiger partial charge in [0.1, 0.15) is 0 Å². The van der Waals surface area contributed by atoms with E-state index in [1.807, 2.05) is 6.92 Å². The molecule has 0 saturated carbocycles. The van der Waals surface area contributed by atoms with Gasteiger partial charge in [0.25, 0.3) is 0 Å². The van der Waals surface area contributed by atoms with Crippen molar-refractivity contribution in [2.45, 2.75) is 13.0 Å². The second-order valence-electron chi connectivity index (χ2n) is 3.16. The highest BCUT2D eigenvalue weighted by atomic mass is 19.1. The van der Waals surface area contributed by atoms with Crippen LogP contribution >= 0.6 is 0 Å².